The molecule has 0 aliphatic carbocycles. The molecule has 4 rings (SSSR count). The topological polar surface area (TPSA) is 71.7 Å². The number of rotatable bonds is 4. The molecule has 0 radical (unpaired) electrons. The summed E-state index contributed by atoms with van der Waals surface area (Å²) >= 11 is 0. The van der Waals surface area contributed by atoms with E-state index in [0.717, 1.165) is 37.4 Å². The van der Waals surface area contributed by atoms with Crippen LogP contribution in [0, 0.1) is 0 Å². The van der Waals surface area contributed by atoms with Gasteiger partial charge < -0.3 is 9.26 Å². The van der Waals surface area contributed by atoms with Crippen LogP contribution < -0.4 is 4.90 Å². The van der Waals surface area contributed by atoms with E-state index >= 15 is 0 Å². The van der Waals surface area contributed by atoms with E-state index in [4.69, 9.17) is 9.26 Å². The molecule has 0 N–H and O–H groups in total. The number of carbonyl (C=O) groups excluding carboxylic acids is 1. The summed E-state index contributed by atoms with van der Waals surface area (Å²) in [6.45, 7) is 6.88. The Kier molecular flexibility index (Phi) is 4.17. The Morgan fingerprint density at radius 3 is 2.92 bits per heavy atom. The fourth-order valence-electron chi connectivity index (χ4n) is 3.54. The van der Waals surface area contributed by atoms with Crippen LogP contribution in [0.3, 0.4) is 0 Å². The van der Waals surface area contributed by atoms with Gasteiger partial charge in [-0.25, -0.2) is 4.79 Å². The smallest absolute Gasteiger partial charge is 0.414 e. The number of hydrogen-bond donors (Lipinski definition) is 0. The molecule has 2 aliphatic rings. The lowest BCUT2D eigenvalue weighted by atomic mass is 9.96. The summed E-state index contributed by atoms with van der Waals surface area (Å²) in [4.78, 5) is 20.5. The number of benzene rings is 1. The predicted molar refractivity (Wildman–Crippen MR) is 91.3 cm³/mol. The zero-order valence-corrected chi connectivity index (χ0v) is 14.6. The highest BCUT2D eigenvalue weighted by Gasteiger charge is 2.30. The first kappa shape index (κ1) is 16.1. The molecule has 0 spiro atoms. The fraction of sp³-hybridized carbons (Fsp3) is 0.500. The van der Waals surface area contributed by atoms with E-state index < -0.39 is 0 Å². The van der Waals surface area contributed by atoms with E-state index in [0.29, 0.717) is 19.0 Å². The van der Waals surface area contributed by atoms with Gasteiger partial charge in [0.15, 0.2) is 5.82 Å². The van der Waals surface area contributed by atoms with Gasteiger partial charge in [-0.05, 0) is 30.5 Å². The molecule has 1 aromatic heterocycles. The van der Waals surface area contributed by atoms with Crippen LogP contribution in [-0.2, 0) is 24.1 Å². The van der Waals surface area contributed by atoms with Crippen molar-refractivity contribution in [3.63, 3.8) is 0 Å². The molecule has 2 aromatic rings. The maximum atomic E-state index is 11.9. The Morgan fingerprint density at radius 2 is 2.20 bits per heavy atom. The van der Waals surface area contributed by atoms with Crippen molar-refractivity contribution in [2.24, 2.45) is 0 Å². The molecule has 132 valence electrons. The number of aromatic nitrogens is 2. The van der Waals surface area contributed by atoms with Crippen molar-refractivity contribution in [2.75, 3.05) is 24.6 Å². The van der Waals surface area contributed by atoms with Gasteiger partial charge in [-0.15, -0.1) is 0 Å². The molecule has 1 saturated heterocycles. The first-order chi connectivity index (χ1) is 12.2. The van der Waals surface area contributed by atoms with Gasteiger partial charge in [0.05, 0.1) is 18.3 Å². The van der Waals surface area contributed by atoms with Crippen LogP contribution in [0.2, 0.25) is 0 Å². The summed E-state index contributed by atoms with van der Waals surface area (Å²) < 4.78 is 10.5. The number of hydrogen-bond acceptors (Lipinski definition) is 6. The Hall–Kier alpha value is -2.41. The van der Waals surface area contributed by atoms with Gasteiger partial charge in [0.2, 0.25) is 5.89 Å². The minimum Gasteiger partial charge on any atom is -0.447 e. The summed E-state index contributed by atoms with van der Waals surface area (Å²) in [5, 5.41) is 4.00. The SMILES string of the molecule is CCc1noc([C@H](C)N2CCc3c(cccc3N3CCOC3=O)C2)n1. The van der Waals surface area contributed by atoms with E-state index in [9.17, 15) is 4.79 Å². The Labute approximate surface area is 146 Å². The summed E-state index contributed by atoms with van der Waals surface area (Å²) in [5.41, 5.74) is 3.47. The van der Waals surface area contributed by atoms with Gasteiger partial charge in [0, 0.05) is 19.5 Å². The largest absolute Gasteiger partial charge is 0.447 e. The highest BCUT2D eigenvalue weighted by molar-refractivity contribution is 5.90. The average molecular weight is 342 g/mol. The van der Waals surface area contributed by atoms with Gasteiger partial charge in [-0.3, -0.25) is 9.80 Å². The third kappa shape index (κ3) is 2.89. The van der Waals surface area contributed by atoms with Crippen molar-refractivity contribution < 1.29 is 14.1 Å². The summed E-state index contributed by atoms with van der Waals surface area (Å²) in [6.07, 6.45) is 1.41. The standard InChI is InChI=1S/C18H22N4O3/c1-3-16-19-17(25-20-16)12(2)21-8-7-14-13(11-21)5-4-6-15(14)22-9-10-24-18(22)23/h4-6,12H,3,7-11H2,1-2H3/t12-/m0/s1. The highest BCUT2D eigenvalue weighted by atomic mass is 16.6. The predicted octanol–water partition coefficient (Wildman–Crippen LogP) is 2.71. The third-order valence-corrected chi connectivity index (χ3v) is 5.03. The number of cyclic esters (lactones) is 1. The molecule has 0 saturated carbocycles. The summed E-state index contributed by atoms with van der Waals surface area (Å²) in [5.74, 6) is 1.41. The molecule has 0 unspecified atom stereocenters. The minimum atomic E-state index is -0.248. The molecule has 2 aliphatic heterocycles. The molecular weight excluding hydrogens is 320 g/mol. The second-order valence-corrected chi connectivity index (χ2v) is 6.48. The van der Waals surface area contributed by atoms with Crippen LogP contribution >= 0.6 is 0 Å². The van der Waals surface area contributed by atoms with Gasteiger partial charge in [-0.2, -0.15) is 4.98 Å². The molecule has 7 heteroatoms. The van der Waals surface area contributed by atoms with Gasteiger partial charge in [0.1, 0.15) is 6.61 Å². The number of anilines is 1. The number of fused-ring (bicyclic) bond motifs is 1. The van der Waals surface area contributed by atoms with Crippen LogP contribution in [-0.4, -0.2) is 40.8 Å². The van der Waals surface area contributed by atoms with Crippen molar-refractivity contribution >= 4 is 11.8 Å². The lowest BCUT2D eigenvalue weighted by molar-refractivity contribution is 0.158. The first-order valence-corrected chi connectivity index (χ1v) is 8.79. The minimum absolute atomic E-state index is 0.0707. The summed E-state index contributed by atoms with van der Waals surface area (Å²) in [6, 6.07) is 6.22. The molecule has 1 atom stereocenters. The highest BCUT2D eigenvalue weighted by Crippen LogP contribution is 2.33. The van der Waals surface area contributed by atoms with Crippen molar-refractivity contribution in [2.45, 2.75) is 39.3 Å². The number of amides is 1. The number of aryl methyl sites for hydroxylation is 1. The van der Waals surface area contributed by atoms with E-state index in [1.807, 2.05) is 19.1 Å². The molecule has 1 fully saturated rings. The fourth-order valence-corrected chi connectivity index (χ4v) is 3.54. The molecule has 7 nitrogen and oxygen atoms in total. The molecular formula is C18H22N4O3. The third-order valence-electron chi connectivity index (χ3n) is 5.03. The Bertz CT molecular complexity index is 788. The van der Waals surface area contributed by atoms with Crippen molar-refractivity contribution in [3.05, 3.63) is 41.0 Å². The Balaban J connectivity index is 1.56. The van der Waals surface area contributed by atoms with Crippen molar-refractivity contribution in [1.82, 2.24) is 15.0 Å². The molecule has 25 heavy (non-hydrogen) atoms. The quantitative estimate of drug-likeness (QED) is 0.851. The second-order valence-electron chi connectivity index (χ2n) is 6.48. The zero-order valence-electron chi connectivity index (χ0n) is 14.6. The van der Waals surface area contributed by atoms with E-state index in [-0.39, 0.29) is 12.1 Å². The number of carbonyl (C=O) groups is 1. The second kappa shape index (κ2) is 6.48. The molecule has 0 bridgehead atoms. The van der Waals surface area contributed by atoms with Crippen molar-refractivity contribution in [1.29, 1.82) is 0 Å². The van der Waals surface area contributed by atoms with Crippen LogP contribution in [0.4, 0.5) is 10.5 Å². The summed E-state index contributed by atoms with van der Waals surface area (Å²) in [7, 11) is 0. The lowest BCUT2D eigenvalue weighted by Crippen LogP contribution is -2.34. The number of ether oxygens (including phenoxy) is 1. The maximum absolute atomic E-state index is 11.9. The van der Waals surface area contributed by atoms with Crippen LogP contribution in [0.1, 0.15) is 42.7 Å². The number of nitrogens with zero attached hydrogens (tertiary/aromatic N) is 4. The molecule has 3 heterocycles. The van der Waals surface area contributed by atoms with Gasteiger partial charge in [-0.1, -0.05) is 24.2 Å². The average Bonchev–Trinajstić information content (AvgIpc) is 3.29. The van der Waals surface area contributed by atoms with E-state index in [2.05, 4.69) is 28.0 Å². The normalized spacial score (nSPS) is 19.0. The van der Waals surface area contributed by atoms with Crippen LogP contribution in [0.15, 0.2) is 22.7 Å². The lowest BCUT2D eigenvalue weighted by Gasteiger charge is -2.33. The van der Waals surface area contributed by atoms with Crippen LogP contribution in [0.25, 0.3) is 0 Å². The van der Waals surface area contributed by atoms with E-state index in [1.165, 1.54) is 11.1 Å². The monoisotopic (exact) mass is 342 g/mol. The van der Waals surface area contributed by atoms with E-state index in [1.54, 1.807) is 4.90 Å². The zero-order chi connectivity index (χ0) is 17.4. The van der Waals surface area contributed by atoms with Gasteiger partial charge >= 0.3 is 6.09 Å². The maximum Gasteiger partial charge on any atom is 0.414 e. The van der Waals surface area contributed by atoms with Gasteiger partial charge in [0.25, 0.3) is 0 Å². The van der Waals surface area contributed by atoms with Crippen LogP contribution in [0.5, 0.6) is 0 Å². The van der Waals surface area contributed by atoms with Crippen molar-refractivity contribution in [3.8, 4) is 0 Å². The molecule has 1 amide bonds. The Morgan fingerprint density at radius 1 is 1.32 bits per heavy atom. The first-order valence-electron chi connectivity index (χ1n) is 8.79. The molecule has 1 aromatic carbocycles.